The molecule has 0 radical (unpaired) electrons. The van der Waals surface area contributed by atoms with Gasteiger partial charge in [-0.3, -0.25) is 14.7 Å². The molecule has 4 rings (SSSR count). The molecule has 1 amide bonds. The third-order valence-corrected chi connectivity index (χ3v) is 5.16. The largest absolute Gasteiger partial charge is 0.484 e. The first-order valence-electron chi connectivity index (χ1n) is 9.65. The number of aryl methyl sites for hydroxylation is 1. The highest BCUT2D eigenvalue weighted by Crippen LogP contribution is 2.25. The van der Waals surface area contributed by atoms with E-state index >= 15 is 0 Å². The number of hydrogen-bond acceptors (Lipinski definition) is 6. The van der Waals surface area contributed by atoms with Gasteiger partial charge in [-0.15, -0.1) is 0 Å². The van der Waals surface area contributed by atoms with Crippen LogP contribution in [0.5, 0.6) is 5.75 Å². The maximum Gasteiger partial charge on any atom is 0.276 e. The minimum Gasteiger partial charge on any atom is -0.484 e. The number of aromatic nitrogens is 2. The van der Waals surface area contributed by atoms with E-state index in [-0.39, 0.29) is 18.6 Å². The van der Waals surface area contributed by atoms with Gasteiger partial charge in [0.1, 0.15) is 12.4 Å². The van der Waals surface area contributed by atoms with Crippen molar-refractivity contribution in [1.82, 2.24) is 19.9 Å². The predicted octanol–water partition coefficient (Wildman–Crippen LogP) is 3.09. The molecule has 150 valence electrons. The molecule has 1 saturated heterocycles. The highest BCUT2D eigenvalue weighted by molar-refractivity contribution is 5.92. The minimum atomic E-state index is -0.119. The molecule has 1 atom stereocenters. The summed E-state index contributed by atoms with van der Waals surface area (Å²) in [5.41, 5.74) is 2.43. The van der Waals surface area contributed by atoms with E-state index in [2.05, 4.69) is 34.2 Å². The number of carbonyl (C=O) groups is 1. The lowest BCUT2D eigenvalue weighted by atomic mass is 10.0. The van der Waals surface area contributed by atoms with E-state index in [1.165, 1.54) is 5.56 Å². The second-order valence-corrected chi connectivity index (χ2v) is 7.26. The molecule has 1 aliphatic heterocycles. The van der Waals surface area contributed by atoms with Crippen LogP contribution in [-0.4, -0.2) is 52.5 Å². The van der Waals surface area contributed by atoms with Crippen molar-refractivity contribution >= 4 is 5.91 Å². The fourth-order valence-corrected chi connectivity index (χ4v) is 3.43. The van der Waals surface area contributed by atoms with Crippen molar-refractivity contribution in [2.24, 2.45) is 0 Å². The Labute approximate surface area is 169 Å². The van der Waals surface area contributed by atoms with E-state index in [0.29, 0.717) is 30.3 Å². The summed E-state index contributed by atoms with van der Waals surface area (Å²) in [4.78, 5) is 21.2. The lowest BCUT2D eigenvalue weighted by Gasteiger charge is -2.39. The van der Waals surface area contributed by atoms with Crippen LogP contribution in [0.25, 0.3) is 0 Å². The Balaban J connectivity index is 1.40. The van der Waals surface area contributed by atoms with E-state index < -0.39 is 0 Å². The molecule has 29 heavy (non-hydrogen) atoms. The molecular weight excluding hydrogens is 368 g/mol. The van der Waals surface area contributed by atoms with E-state index in [1.807, 2.05) is 42.2 Å². The first-order valence-corrected chi connectivity index (χ1v) is 9.65. The van der Waals surface area contributed by atoms with E-state index in [4.69, 9.17) is 9.26 Å². The number of likely N-dealkylation sites (N-methyl/N-ethyl adjacent to an activating group) is 1. The van der Waals surface area contributed by atoms with Crippen LogP contribution in [0.15, 0.2) is 59.3 Å². The number of benzene rings is 1. The van der Waals surface area contributed by atoms with Crippen molar-refractivity contribution in [2.75, 3.05) is 26.7 Å². The van der Waals surface area contributed by atoms with Crippen LogP contribution in [0.2, 0.25) is 0 Å². The quantitative estimate of drug-likeness (QED) is 0.665. The topological polar surface area (TPSA) is 71.7 Å². The maximum atomic E-state index is 12.9. The molecule has 0 unspecified atom stereocenters. The Morgan fingerprint density at radius 2 is 2.03 bits per heavy atom. The number of pyridine rings is 1. The molecule has 0 aliphatic carbocycles. The molecule has 3 heterocycles. The lowest BCUT2D eigenvalue weighted by molar-refractivity contribution is 0.0536. The van der Waals surface area contributed by atoms with Crippen molar-refractivity contribution in [3.63, 3.8) is 0 Å². The molecule has 2 aromatic heterocycles. The first-order chi connectivity index (χ1) is 14.1. The van der Waals surface area contributed by atoms with Gasteiger partial charge < -0.3 is 14.2 Å². The number of carbonyl (C=O) groups excluding carboxylic acids is 1. The molecule has 3 aromatic rings. The molecule has 0 N–H and O–H groups in total. The Kier molecular flexibility index (Phi) is 5.57. The molecule has 7 heteroatoms. The van der Waals surface area contributed by atoms with Gasteiger partial charge in [0.2, 0.25) is 0 Å². The molecule has 1 aliphatic rings. The highest BCUT2D eigenvalue weighted by Gasteiger charge is 2.30. The highest BCUT2D eigenvalue weighted by atomic mass is 16.5. The summed E-state index contributed by atoms with van der Waals surface area (Å²) in [5.74, 6) is 1.03. The second-order valence-electron chi connectivity index (χ2n) is 7.26. The van der Waals surface area contributed by atoms with Crippen LogP contribution in [-0.2, 0) is 6.61 Å². The fraction of sp³-hybridized carbons (Fsp3) is 0.318. The Morgan fingerprint density at radius 3 is 2.79 bits per heavy atom. The van der Waals surface area contributed by atoms with Gasteiger partial charge >= 0.3 is 0 Å². The number of piperazine rings is 1. The summed E-state index contributed by atoms with van der Waals surface area (Å²) in [7, 11) is 2.09. The maximum absolute atomic E-state index is 12.9. The van der Waals surface area contributed by atoms with Gasteiger partial charge in [0.05, 0.1) is 12.2 Å². The zero-order valence-electron chi connectivity index (χ0n) is 16.6. The monoisotopic (exact) mass is 392 g/mol. The molecule has 0 saturated carbocycles. The standard InChI is InChI=1S/C22H24N4O3/c1-16-8-9-18(13-23-16)28-15-19-12-20(24-29-19)22(27)26-11-10-25(2)21(14-26)17-6-4-3-5-7-17/h3-9,12-13,21H,10-11,14-15H2,1-2H3/t21-/m0/s1. The Hall–Kier alpha value is -3.19. The van der Waals surface area contributed by atoms with E-state index in [9.17, 15) is 4.79 Å². The smallest absolute Gasteiger partial charge is 0.276 e. The number of hydrogen-bond donors (Lipinski definition) is 0. The third-order valence-electron chi connectivity index (χ3n) is 5.16. The van der Waals surface area contributed by atoms with E-state index in [1.54, 1.807) is 12.3 Å². The van der Waals surface area contributed by atoms with Gasteiger partial charge in [-0.2, -0.15) is 0 Å². The van der Waals surface area contributed by atoms with Crippen molar-refractivity contribution in [1.29, 1.82) is 0 Å². The lowest BCUT2D eigenvalue weighted by Crippen LogP contribution is -2.49. The average molecular weight is 392 g/mol. The van der Waals surface area contributed by atoms with Crippen molar-refractivity contribution in [2.45, 2.75) is 19.6 Å². The van der Waals surface area contributed by atoms with Crippen LogP contribution in [0.3, 0.4) is 0 Å². The van der Waals surface area contributed by atoms with Crippen LogP contribution in [0, 0.1) is 6.92 Å². The van der Waals surface area contributed by atoms with Gasteiger partial charge in [-0.25, -0.2) is 0 Å². The molecular formula is C22H24N4O3. The van der Waals surface area contributed by atoms with Gasteiger partial charge in [0.25, 0.3) is 5.91 Å². The molecule has 0 bridgehead atoms. The predicted molar refractivity (Wildman–Crippen MR) is 108 cm³/mol. The number of rotatable bonds is 5. The third kappa shape index (κ3) is 4.46. The summed E-state index contributed by atoms with van der Waals surface area (Å²) >= 11 is 0. The van der Waals surface area contributed by atoms with Crippen molar-refractivity contribution in [3.05, 3.63) is 77.4 Å². The summed E-state index contributed by atoms with van der Waals surface area (Å²) in [6.07, 6.45) is 1.66. The van der Waals surface area contributed by atoms with Gasteiger partial charge in [0, 0.05) is 31.4 Å². The minimum absolute atomic E-state index is 0.119. The second kappa shape index (κ2) is 8.45. The van der Waals surface area contributed by atoms with Crippen LogP contribution in [0.1, 0.15) is 33.5 Å². The normalized spacial score (nSPS) is 17.3. The number of nitrogens with zero attached hydrogens (tertiary/aromatic N) is 4. The number of ether oxygens (including phenoxy) is 1. The van der Waals surface area contributed by atoms with Crippen LogP contribution >= 0.6 is 0 Å². The molecule has 7 nitrogen and oxygen atoms in total. The summed E-state index contributed by atoms with van der Waals surface area (Å²) < 4.78 is 10.9. The van der Waals surface area contributed by atoms with Crippen molar-refractivity contribution < 1.29 is 14.1 Å². The molecule has 0 spiro atoms. The Morgan fingerprint density at radius 1 is 1.21 bits per heavy atom. The fourth-order valence-electron chi connectivity index (χ4n) is 3.43. The van der Waals surface area contributed by atoms with Crippen LogP contribution in [0.4, 0.5) is 0 Å². The van der Waals surface area contributed by atoms with Crippen LogP contribution < -0.4 is 4.74 Å². The SMILES string of the molecule is Cc1ccc(OCc2cc(C(=O)N3CCN(C)[C@H](c4ccccc4)C3)no2)cn1. The summed E-state index contributed by atoms with van der Waals surface area (Å²) in [6.45, 7) is 4.19. The van der Waals surface area contributed by atoms with E-state index in [0.717, 1.165) is 12.2 Å². The van der Waals surface area contributed by atoms with Gasteiger partial charge in [-0.1, -0.05) is 35.5 Å². The summed E-state index contributed by atoms with van der Waals surface area (Å²) in [6, 6.07) is 15.8. The molecule has 1 aromatic carbocycles. The molecule has 1 fully saturated rings. The zero-order valence-corrected chi connectivity index (χ0v) is 16.6. The number of amides is 1. The zero-order chi connectivity index (χ0) is 20.2. The van der Waals surface area contributed by atoms with Gasteiger partial charge in [0.15, 0.2) is 11.5 Å². The van der Waals surface area contributed by atoms with Crippen molar-refractivity contribution in [3.8, 4) is 5.75 Å². The summed E-state index contributed by atoms with van der Waals surface area (Å²) in [5, 5.41) is 3.96. The average Bonchev–Trinajstić information content (AvgIpc) is 3.23. The first kappa shape index (κ1) is 19.1. The Bertz CT molecular complexity index is 956. The van der Waals surface area contributed by atoms with Gasteiger partial charge in [-0.05, 0) is 31.7 Å².